The number of anilines is 1. The Balaban J connectivity index is 1.97. The van der Waals surface area contributed by atoms with Crippen LogP contribution in [0.3, 0.4) is 0 Å². The van der Waals surface area contributed by atoms with E-state index in [1.165, 1.54) is 17.9 Å². The number of nitrogens with zero attached hydrogens (tertiary/aromatic N) is 2. The maximum atomic E-state index is 13.7. The standard InChI is InChI=1S/C25H31Cl2N3O6S/c1-6-37(33,34)30(19-9-10-21-22(12-19)36-15-35-21)14-23(31)29(16(2)24(32)28-25(3,4)5)13-17-7-8-18(26)11-20(17)27/h7-12,16H,6,13-15H2,1-5H3,(H,28,32)/t16-/m1/s1. The first-order valence-corrected chi connectivity index (χ1v) is 14.0. The molecule has 0 fully saturated rings. The van der Waals surface area contributed by atoms with Gasteiger partial charge in [-0.15, -0.1) is 0 Å². The monoisotopic (exact) mass is 571 g/mol. The lowest BCUT2D eigenvalue weighted by molar-refractivity contribution is -0.140. The van der Waals surface area contributed by atoms with E-state index in [-0.39, 0.29) is 30.7 Å². The summed E-state index contributed by atoms with van der Waals surface area (Å²) in [6.07, 6.45) is 0. The number of carbonyl (C=O) groups excluding carboxylic acids is 2. The van der Waals surface area contributed by atoms with E-state index in [0.717, 1.165) is 4.31 Å². The van der Waals surface area contributed by atoms with Crippen LogP contribution < -0.4 is 19.1 Å². The Kier molecular flexibility index (Phi) is 8.87. The second-order valence-corrected chi connectivity index (χ2v) is 12.6. The predicted octanol–water partition coefficient (Wildman–Crippen LogP) is 4.21. The second kappa shape index (κ2) is 11.4. The number of hydrogen-bond donors (Lipinski definition) is 1. The van der Waals surface area contributed by atoms with E-state index in [4.69, 9.17) is 32.7 Å². The summed E-state index contributed by atoms with van der Waals surface area (Å²) in [5, 5.41) is 3.62. The van der Waals surface area contributed by atoms with Crippen LogP contribution in [-0.4, -0.2) is 55.8 Å². The molecule has 12 heteroatoms. The highest BCUT2D eigenvalue weighted by Crippen LogP contribution is 2.36. The van der Waals surface area contributed by atoms with E-state index >= 15 is 0 Å². The lowest BCUT2D eigenvalue weighted by Gasteiger charge is -2.33. The van der Waals surface area contributed by atoms with Crippen LogP contribution in [-0.2, 0) is 26.2 Å². The van der Waals surface area contributed by atoms with E-state index < -0.39 is 34.1 Å². The van der Waals surface area contributed by atoms with Crippen LogP contribution in [0, 0.1) is 0 Å². The van der Waals surface area contributed by atoms with Gasteiger partial charge in [-0.1, -0.05) is 29.3 Å². The maximum Gasteiger partial charge on any atom is 0.244 e. The first kappa shape index (κ1) is 28.9. The molecule has 0 spiro atoms. The summed E-state index contributed by atoms with van der Waals surface area (Å²) >= 11 is 12.4. The van der Waals surface area contributed by atoms with Crippen molar-refractivity contribution in [3.8, 4) is 11.5 Å². The molecule has 0 saturated carbocycles. The molecule has 1 aliphatic heterocycles. The highest BCUT2D eigenvalue weighted by molar-refractivity contribution is 7.92. The zero-order valence-electron chi connectivity index (χ0n) is 21.4. The quantitative estimate of drug-likeness (QED) is 0.483. The highest BCUT2D eigenvalue weighted by Gasteiger charge is 2.33. The zero-order chi connectivity index (χ0) is 27.5. The predicted molar refractivity (Wildman–Crippen MR) is 144 cm³/mol. The van der Waals surface area contributed by atoms with Crippen LogP contribution in [0.15, 0.2) is 36.4 Å². The fraction of sp³-hybridized carbons (Fsp3) is 0.440. The Morgan fingerprint density at radius 2 is 1.76 bits per heavy atom. The van der Waals surface area contributed by atoms with Gasteiger partial charge in [-0.25, -0.2) is 8.42 Å². The van der Waals surface area contributed by atoms with E-state index in [2.05, 4.69) is 5.32 Å². The molecular formula is C25H31Cl2N3O6S. The minimum atomic E-state index is -3.88. The molecular weight excluding hydrogens is 541 g/mol. The summed E-state index contributed by atoms with van der Waals surface area (Å²) < 4.78 is 37.9. The third-order valence-corrected chi connectivity index (χ3v) is 7.97. The topological polar surface area (TPSA) is 105 Å². The van der Waals surface area contributed by atoms with Crippen LogP contribution in [0.4, 0.5) is 5.69 Å². The summed E-state index contributed by atoms with van der Waals surface area (Å²) in [4.78, 5) is 28.1. The van der Waals surface area contributed by atoms with Crippen molar-refractivity contribution >= 4 is 50.7 Å². The van der Waals surface area contributed by atoms with Crippen LogP contribution >= 0.6 is 23.2 Å². The number of nitrogens with one attached hydrogen (secondary N) is 1. The van der Waals surface area contributed by atoms with Gasteiger partial charge in [0.05, 0.1) is 11.4 Å². The molecule has 37 heavy (non-hydrogen) atoms. The van der Waals surface area contributed by atoms with Gasteiger partial charge < -0.3 is 19.7 Å². The number of carbonyl (C=O) groups is 2. The number of ether oxygens (including phenoxy) is 2. The largest absolute Gasteiger partial charge is 0.454 e. The smallest absolute Gasteiger partial charge is 0.244 e. The van der Waals surface area contributed by atoms with Gasteiger partial charge in [0.1, 0.15) is 12.6 Å². The van der Waals surface area contributed by atoms with Crippen LogP contribution in [0.25, 0.3) is 0 Å². The molecule has 0 unspecified atom stereocenters. The third kappa shape index (κ3) is 7.21. The first-order chi connectivity index (χ1) is 17.2. The number of rotatable bonds is 9. The molecule has 2 aromatic rings. The molecule has 9 nitrogen and oxygen atoms in total. The van der Waals surface area contributed by atoms with Crippen LogP contribution in [0.2, 0.25) is 10.0 Å². The summed E-state index contributed by atoms with van der Waals surface area (Å²) in [6.45, 7) is 8.02. The summed E-state index contributed by atoms with van der Waals surface area (Å²) in [6, 6.07) is 8.56. The van der Waals surface area contributed by atoms with Crippen molar-refractivity contribution in [2.45, 2.75) is 52.7 Å². The van der Waals surface area contributed by atoms with Crippen LogP contribution in [0.5, 0.6) is 11.5 Å². The molecule has 0 aliphatic carbocycles. The molecule has 2 aromatic carbocycles. The molecule has 1 N–H and O–H groups in total. The van der Waals surface area contributed by atoms with Crippen molar-refractivity contribution in [2.24, 2.45) is 0 Å². The first-order valence-electron chi connectivity index (χ1n) is 11.7. The fourth-order valence-electron chi connectivity index (χ4n) is 3.65. The normalized spacial score (nSPS) is 13.7. The van der Waals surface area contributed by atoms with Crippen LogP contribution in [0.1, 0.15) is 40.2 Å². The molecule has 0 aromatic heterocycles. The van der Waals surface area contributed by atoms with E-state index in [1.54, 1.807) is 37.3 Å². The lowest BCUT2D eigenvalue weighted by Crippen LogP contribution is -2.54. The molecule has 3 rings (SSSR count). The molecule has 2 amide bonds. The Labute approximate surface area is 227 Å². The summed E-state index contributed by atoms with van der Waals surface area (Å²) in [5.74, 6) is -0.354. The van der Waals surface area contributed by atoms with Gasteiger partial charge in [0, 0.05) is 28.2 Å². The number of hydrogen-bond acceptors (Lipinski definition) is 6. The highest BCUT2D eigenvalue weighted by atomic mass is 35.5. The lowest BCUT2D eigenvalue weighted by atomic mass is 10.1. The van der Waals surface area contributed by atoms with Crippen molar-refractivity contribution in [1.82, 2.24) is 10.2 Å². The average Bonchev–Trinajstić information content (AvgIpc) is 3.28. The minimum Gasteiger partial charge on any atom is -0.454 e. The van der Waals surface area contributed by atoms with Crippen molar-refractivity contribution in [2.75, 3.05) is 23.4 Å². The number of fused-ring (bicyclic) bond motifs is 1. The van der Waals surface area contributed by atoms with Crippen molar-refractivity contribution < 1.29 is 27.5 Å². The fourth-order valence-corrected chi connectivity index (χ4v) is 5.17. The Bertz CT molecular complexity index is 1280. The van der Waals surface area contributed by atoms with E-state index in [9.17, 15) is 18.0 Å². The van der Waals surface area contributed by atoms with Gasteiger partial charge in [-0.05, 0) is 64.4 Å². The molecule has 1 heterocycles. The maximum absolute atomic E-state index is 13.7. The third-order valence-electron chi connectivity index (χ3n) is 5.64. The van der Waals surface area contributed by atoms with Gasteiger partial charge in [0.2, 0.25) is 28.6 Å². The molecule has 1 atom stereocenters. The van der Waals surface area contributed by atoms with E-state index in [0.29, 0.717) is 27.1 Å². The Hall–Kier alpha value is -2.69. The van der Waals surface area contributed by atoms with Crippen molar-refractivity contribution in [3.63, 3.8) is 0 Å². The number of benzene rings is 2. The Morgan fingerprint density at radius 3 is 2.38 bits per heavy atom. The number of amides is 2. The van der Waals surface area contributed by atoms with Gasteiger partial charge in [-0.3, -0.25) is 13.9 Å². The second-order valence-electron chi connectivity index (χ2n) is 9.62. The van der Waals surface area contributed by atoms with Gasteiger partial charge in [0.25, 0.3) is 0 Å². The van der Waals surface area contributed by atoms with Gasteiger partial charge >= 0.3 is 0 Å². The van der Waals surface area contributed by atoms with E-state index in [1.807, 2.05) is 20.8 Å². The molecule has 202 valence electrons. The van der Waals surface area contributed by atoms with Crippen molar-refractivity contribution in [3.05, 3.63) is 52.0 Å². The van der Waals surface area contributed by atoms with Crippen molar-refractivity contribution in [1.29, 1.82) is 0 Å². The summed E-state index contributed by atoms with van der Waals surface area (Å²) in [5.41, 5.74) is 0.265. The number of halogens is 2. The molecule has 1 aliphatic rings. The molecule has 0 bridgehead atoms. The van der Waals surface area contributed by atoms with Gasteiger partial charge in [-0.2, -0.15) is 0 Å². The Morgan fingerprint density at radius 1 is 1.08 bits per heavy atom. The summed E-state index contributed by atoms with van der Waals surface area (Å²) in [7, 11) is -3.88. The molecule has 0 saturated heterocycles. The minimum absolute atomic E-state index is 0.0221. The average molecular weight is 573 g/mol. The molecule has 0 radical (unpaired) electrons. The number of sulfonamides is 1. The zero-order valence-corrected chi connectivity index (χ0v) is 23.7. The SMILES string of the molecule is CCS(=O)(=O)N(CC(=O)N(Cc1ccc(Cl)cc1Cl)[C@H](C)C(=O)NC(C)(C)C)c1ccc2c(c1)OCO2. The van der Waals surface area contributed by atoms with Gasteiger partial charge in [0.15, 0.2) is 11.5 Å².